The number of piperazine rings is 1. The fourth-order valence-electron chi connectivity index (χ4n) is 5.31. The van der Waals surface area contributed by atoms with Gasteiger partial charge >= 0.3 is 6.03 Å². The zero-order chi connectivity index (χ0) is 27.9. The maximum absolute atomic E-state index is 13.9. The maximum atomic E-state index is 13.9. The van der Waals surface area contributed by atoms with Crippen molar-refractivity contribution in [1.29, 1.82) is 0 Å². The average Bonchev–Trinajstić information content (AvgIpc) is 3.00. The first-order valence-corrected chi connectivity index (χ1v) is 14.8. The van der Waals surface area contributed by atoms with Crippen molar-refractivity contribution in [2.45, 2.75) is 31.4 Å². The predicted molar refractivity (Wildman–Crippen MR) is 157 cm³/mol. The topological polar surface area (TPSA) is 76.2 Å². The van der Waals surface area contributed by atoms with Gasteiger partial charge in [-0.25, -0.2) is 14.8 Å². The second-order valence-corrected chi connectivity index (χ2v) is 11.0. The maximum Gasteiger partial charge on any atom is 0.334 e. The van der Waals surface area contributed by atoms with Gasteiger partial charge < -0.3 is 15.1 Å². The van der Waals surface area contributed by atoms with Gasteiger partial charge in [0, 0.05) is 31.1 Å². The van der Waals surface area contributed by atoms with E-state index in [-0.39, 0.29) is 30.9 Å². The van der Waals surface area contributed by atoms with Crippen molar-refractivity contribution in [3.63, 3.8) is 0 Å². The summed E-state index contributed by atoms with van der Waals surface area (Å²) in [6.45, 7) is 3.62. The number of rotatable bonds is 9. The molecular weight excluding hydrogens is 522 g/mol. The number of benzene rings is 3. The van der Waals surface area contributed by atoms with Crippen molar-refractivity contribution in [3.05, 3.63) is 108 Å². The highest BCUT2D eigenvalue weighted by atomic mass is 32.2. The molecule has 2 atom stereocenters. The molecule has 2 saturated heterocycles. The summed E-state index contributed by atoms with van der Waals surface area (Å²) >= 11 is 1.77. The van der Waals surface area contributed by atoms with E-state index < -0.39 is 12.2 Å². The van der Waals surface area contributed by atoms with E-state index in [1.807, 2.05) is 90.7 Å². The minimum absolute atomic E-state index is 0.0370. The Balaban J connectivity index is 1.39. The molecular formula is C31H35N5O3S. The van der Waals surface area contributed by atoms with Crippen molar-refractivity contribution >= 4 is 29.6 Å². The molecule has 3 aromatic rings. The smallest absolute Gasteiger partial charge is 0.334 e. The lowest BCUT2D eigenvalue weighted by molar-refractivity contribution is -0.190. The first-order valence-electron chi connectivity index (χ1n) is 13.7. The van der Waals surface area contributed by atoms with Gasteiger partial charge in [0.1, 0.15) is 12.2 Å². The molecule has 0 unspecified atom stereocenters. The van der Waals surface area contributed by atoms with Crippen LogP contribution in [0.2, 0.25) is 0 Å². The summed E-state index contributed by atoms with van der Waals surface area (Å²) in [5.74, 6) is 1.35. The molecule has 0 spiro atoms. The third-order valence-electron chi connectivity index (χ3n) is 7.31. The van der Waals surface area contributed by atoms with Crippen LogP contribution >= 0.6 is 11.8 Å². The van der Waals surface area contributed by atoms with Gasteiger partial charge in [0.25, 0.3) is 0 Å². The van der Waals surface area contributed by atoms with Crippen molar-refractivity contribution in [2.75, 3.05) is 31.9 Å². The fraction of sp³-hybridized carbons (Fsp3) is 0.323. The Morgan fingerprint density at radius 2 is 1.52 bits per heavy atom. The Morgan fingerprint density at radius 3 is 2.17 bits per heavy atom. The largest absolute Gasteiger partial charge is 0.336 e. The van der Waals surface area contributed by atoms with Crippen molar-refractivity contribution in [2.24, 2.45) is 0 Å². The Bertz CT molecular complexity index is 1290. The molecule has 0 bridgehead atoms. The molecule has 0 radical (unpaired) electrons. The lowest BCUT2D eigenvalue weighted by Gasteiger charge is -2.55. The minimum atomic E-state index is -0.782. The van der Waals surface area contributed by atoms with Crippen LogP contribution < -0.4 is 5.32 Å². The number of likely N-dealkylation sites (N-methyl/N-ethyl adjacent to an activating group) is 1. The molecule has 9 heteroatoms. The number of carbonyl (C=O) groups excluding carboxylic acids is 3. The molecule has 1 N–H and O–H groups in total. The number of amides is 4. The molecule has 0 aliphatic carbocycles. The van der Waals surface area contributed by atoms with Gasteiger partial charge in [-0.05, 0) is 16.7 Å². The second-order valence-electron chi connectivity index (χ2n) is 9.89. The van der Waals surface area contributed by atoms with Gasteiger partial charge in [0.2, 0.25) is 11.8 Å². The van der Waals surface area contributed by atoms with Gasteiger partial charge in [-0.15, -0.1) is 0 Å². The molecule has 8 nitrogen and oxygen atoms in total. The van der Waals surface area contributed by atoms with Crippen LogP contribution in [0.5, 0.6) is 0 Å². The molecule has 3 aromatic carbocycles. The highest BCUT2D eigenvalue weighted by Crippen LogP contribution is 2.35. The molecule has 5 rings (SSSR count). The summed E-state index contributed by atoms with van der Waals surface area (Å²) in [6, 6.07) is 28.3. The van der Waals surface area contributed by atoms with Gasteiger partial charge in [-0.1, -0.05) is 97.9 Å². The standard InChI is InChI=1S/C31H35N5O3S/c1-2-34-22-28(37)35-27(36(34)31(39)32-20-24-12-6-3-7-13-24)21-33(18-19-40-23-25-14-8-4-9-15-25)30(38)29(35)26-16-10-5-11-17-26/h3-17,27,29H,2,18-23H2,1H3,(H,32,39)/t27-,29-/m0/s1. The van der Waals surface area contributed by atoms with Crippen LogP contribution in [0.4, 0.5) is 4.79 Å². The molecule has 40 heavy (non-hydrogen) atoms. The van der Waals surface area contributed by atoms with Gasteiger partial charge in [-0.2, -0.15) is 11.8 Å². The number of hydrazine groups is 1. The van der Waals surface area contributed by atoms with Crippen molar-refractivity contribution in [3.8, 4) is 0 Å². The van der Waals surface area contributed by atoms with Crippen LogP contribution in [0.3, 0.4) is 0 Å². The number of hydrogen-bond donors (Lipinski definition) is 1. The van der Waals surface area contributed by atoms with E-state index in [9.17, 15) is 14.4 Å². The molecule has 2 heterocycles. The summed E-state index contributed by atoms with van der Waals surface area (Å²) in [6.07, 6.45) is -0.612. The third kappa shape index (κ3) is 6.16. The Hall–Kier alpha value is -3.82. The minimum Gasteiger partial charge on any atom is -0.336 e. The Labute approximate surface area is 239 Å². The summed E-state index contributed by atoms with van der Waals surface area (Å²) in [5.41, 5.74) is 2.98. The number of fused-ring (bicyclic) bond motifs is 1. The SMILES string of the molecule is CCN1CC(=O)N2[C@@H](c3ccccc3)C(=O)N(CCSCc3ccccc3)C[C@@H]2N1C(=O)NCc1ccccc1. The van der Waals surface area contributed by atoms with Crippen LogP contribution in [-0.2, 0) is 21.9 Å². The van der Waals surface area contributed by atoms with Crippen LogP contribution in [-0.4, -0.2) is 75.8 Å². The molecule has 4 amide bonds. The summed E-state index contributed by atoms with van der Waals surface area (Å²) in [5, 5.41) is 6.46. The van der Waals surface area contributed by atoms with E-state index >= 15 is 0 Å². The zero-order valence-corrected chi connectivity index (χ0v) is 23.5. The van der Waals surface area contributed by atoms with Gasteiger partial charge in [-0.3, -0.25) is 9.59 Å². The van der Waals surface area contributed by atoms with E-state index in [1.165, 1.54) is 5.56 Å². The molecule has 2 aliphatic rings. The third-order valence-corrected chi connectivity index (χ3v) is 8.32. The first-order chi connectivity index (χ1) is 19.6. The summed E-state index contributed by atoms with van der Waals surface area (Å²) in [4.78, 5) is 44.6. The van der Waals surface area contributed by atoms with Gasteiger partial charge in [0.15, 0.2) is 0 Å². The van der Waals surface area contributed by atoms with E-state index in [0.29, 0.717) is 19.6 Å². The summed E-state index contributed by atoms with van der Waals surface area (Å²) < 4.78 is 0. The Kier molecular flexibility index (Phi) is 9.03. The van der Waals surface area contributed by atoms with E-state index in [2.05, 4.69) is 17.4 Å². The first kappa shape index (κ1) is 27.7. The highest BCUT2D eigenvalue weighted by Gasteiger charge is 2.51. The lowest BCUT2D eigenvalue weighted by Crippen LogP contribution is -2.74. The quantitative estimate of drug-likeness (QED) is 0.401. The van der Waals surface area contributed by atoms with E-state index in [0.717, 1.165) is 22.6 Å². The van der Waals surface area contributed by atoms with Crippen LogP contribution in [0.25, 0.3) is 0 Å². The number of nitrogens with zero attached hydrogens (tertiary/aromatic N) is 4. The van der Waals surface area contributed by atoms with Crippen LogP contribution in [0, 0.1) is 0 Å². The average molecular weight is 558 g/mol. The number of hydrogen-bond acceptors (Lipinski definition) is 5. The zero-order valence-electron chi connectivity index (χ0n) is 22.7. The Morgan fingerprint density at radius 1 is 0.900 bits per heavy atom. The normalized spacial score (nSPS) is 19.5. The molecule has 2 aliphatic heterocycles. The lowest BCUT2D eigenvalue weighted by atomic mass is 9.99. The fourth-order valence-corrected chi connectivity index (χ4v) is 6.23. The predicted octanol–water partition coefficient (Wildman–Crippen LogP) is 4.12. The molecule has 208 valence electrons. The van der Waals surface area contributed by atoms with E-state index in [4.69, 9.17) is 0 Å². The molecule has 0 aromatic heterocycles. The van der Waals surface area contributed by atoms with Gasteiger partial charge in [0.05, 0.1) is 13.1 Å². The van der Waals surface area contributed by atoms with Crippen molar-refractivity contribution < 1.29 is 14.4 Å². The molecule has 0 saturated carbocycles. The monoisotopic (exact) mass is 557 g/mol. The number of urea groups is 1. The van der Waals surface area contributed by atoms with Crippen molar-refractivity contribution in [1.82, 2.24) is 25.1 Å². The van der Waals surface area contributed by atoms with Crippen LogP contribution in [0.1, 0.15) is 29.7 Å². The number of nitrogens with one attached hydrogen (secondary N) is 1. The number of thioether (sulfide) groups is 1. The highest BCUT2D eigenvalue weighted by molar-refractivity contribution is 7.98. The van der Waals surface area contributed by atoms with E-state index in [1.54, 1.807) is 26.7 Å². The second kappa shape index (κ2) is 13.0. The molecule has 2 fully saturated rings. The summed E-state index contributed by atoms with van der Waals surface area (Å²) in [7, 11) is 0. The van der Waals surface area contributed by atoms with Crippen LogP contribution in [0.15, 0.2) is 91.0 Å². The number of carbonyl (C=O) groups is 3.